The van der Waals surface area contributed by atoms with Gasteiger partial charge in [0, 0.05) is 9.50 Å². The lowest BCUT2D eigenvalue weighted by molar-refractivity contribution is 0.628. The summed E-state index contributed by atoms with van der Waals surface area (Å²) in [5.74, 6) is 0. The SMILES string of the molecule is CCNC(c1ccccc1)c1cc(Cl)ccc1Br. The minimum atomic E-state index is 0.157. The van der Waals surface area contributed by atoms with Gasteiger partial charge in [-0.3, -0.25) is 0 Å². The van der Waals surface area contributed by atoms with Crippen molar-refractivity contribution in [3.63, 3.8) is 0 Å². The minimum absolute atomic E-state index is 0.157. The standard InChI is InChI=1S/C15H15BrClN/c1-2-18-15(11-6-4-3-5-7-11)13-10-12(17)8-9-14(13)16/h3-10,15,18H,2H2,1H3. The molecule has 2 aromatic rings. The summed E-state index contributed by atoms with van der Waals surface area (Å²) in [7, 11) is 0. The molecular weight excluding hydrogens is 310 g/mol. The molecule has 1 unspecified atom stereocenters. The Morgan fingerprint density at radius 2 is 1.89 bits per heavy atom. The first-order valence-corrected chi connectivity index (χ1v) is 7.12. The van der Waals surface area contributed by atoms with Gasteiger partial charge in [-0.05, 0) is 35.9 Å². The summed E-state index contributed by atoms with van der Waals surface area (Å²) < 4.78 is 1.07. The molecule has 0 bridgehead atoms. The molecule has 2 rings (SSSR count). The quantitative estimate of drug-likeness (QED) is 0.851. The van der Waals surface area contributed by atoms with Crippen LogP contribution in [-0.4, -0.2) is 6.54 Å². The van der Waals surface area contributed by atoms with Gasteiger partial charge in [0.05, 0.1) is 6.04 Å². The lowest BCUT2D eigenvalue weighted by Gasteiger charge is -2.20. The maximum absolute atomic E-state index is 6.10. The fraction of sp³-hybridized carbons (Fsp3) is 0.200. The number of nitrogens with one attached hydrogen (secondary N) is 1. The Hall–Kier alpha value is -0.830. The number of rotatable bonds is 4. The van der Waals surface area contributed by atoms with E-state index in [0.29, 0.717) is 0 Å². The van der Waals surface area contributed by atoms with Crippen LogP contribution in [-0.2, 0) is 0 Å². The monoisotopic (exact) mass is 323 g/mol. The summed E-state index contributed by atoms with van der Waals surface area (Å²) in [4.78, 5) is 0. The van der Waals surface area contributed by atoms with Crippen molar-refractivity contribution in [3.8, 4) is 0 Å². The van der Waals surface area contributed by atoms with E-state index in [2.05, 4.69) is 52.4 Å². The Bertz CT molecular complexity index is 513. The van der Waals surface area contributed by atoms with Crippen molar-refractivity contribution in [3.05, 3.63) is 69.2 Å². The predicted octanol–water partition coefficient (Wildman–Crippen LogP) is 4.80. The third kappa shape index (κ3) is 3.14. The fourth-order valence-corrected chi connectivity index (χ4v) is 2.65. The van der Waals surface area contributed by atoms with Gasteiger partial charge in [0.15, 0.2) is 0 Å². The average molecular weight is 325 g/mol. The van der Waals surface area contributed by atoms with Crippen molar-refractivity contribution < 1.29 is 0 Å². The van der Waals surface area contributed by atoms with E-state index in [0.717, 1.165) is 21.6 Å². The Morgan fingerprint density at radius 1 is 1.17 bits per heavy atom. The van der Waals surface area contributed by atoms with Gasteiger partial charge in [-0.1, -0.05) is 64.8 Å². The zero-order valence-corrected chi connectivity index (χ0v) is 12.5. The number of hydrogen-bond acceptors (Lipinski definition) is 1. The lowest BCUT2D eigenvalue weighted by atomic mass is 9.99. The maximum Gasteiger partial charge on any atom is 0.0588 e. The zero-order valence-electron chi connectivity index (χ0n) is 10.2. The highest BCUT2D eigenvalue weighted by molar-refractivity contribution is 9.10. The first-order valence-electron chi connectivity index (χ1n) is 5.95. The second-order valence-electron chi connectivity index (χ2n) is 4.07. The fourth-order valence-electron chi connectivity index (χ4n) is 1.99. The molecule has 18 heavy (non-hydrogen) atoms. The molecule has 0 aliphatic heterocycles. The lowest BCUT2D eigenvalue weighted by Crippen LogP contribution is -2.22. The summed E-state index contributed by atoms with van der Waals surface area (Å²) in [5.41, 5.74) is 2.40. The molecule has 0 aliphatic rings. The van der Waals surface area contributed by atoms with Crippen molar-refractivity contribution >= 4 is 27.5 Å². The molecule has 1 N–H and O–H groups in total. The molecule has 1 atom stereocenters. The van der Waals surface area contributed by atoms with Crippen molar-refractivity contribution in [1.82, 2.24) is 5.32 Å². The van der Waals surface area contributed by atoms with E-state index >= 15 is 0 Å². The molecule has 0 aromatic heterocycles. The van der Waals surface area contributed by atoms with Crippen molar-refractivity contribution in [2.45, 2.75) is 13.0 Å². The van der Waals surface area contributed by atoms with Gasteiger partial charge in [0.1, 0.15) is 0 Å². The van der Waals surface area contributed by atoms with Crippen LogP contribution < -0.4 is 5.32 Å². The van der Waals surface area contributed by atoms with Gasteiger partial charge in [-0.15, -0.1) is 0 Å². The highest BCUT2D eigenvalue weighted by Crippen LogP contribution is 2.30. The maximum atomic E-state index is 6.10. The Balaban J connectivity index is 2.44. The Kier molecular flexibility index (Phi) is 4.81. The van der Waals surface area contributed by atoms with Crippen LogP contribution in [0.5, 0.6) is 0 Å². The van der Waals surface area contributed by atoms with Gasteiger partial charge >= 0.3 is 0 Å². The van der Waals surface area contributed by atoms with Gasteiger partial charge < -0.3 is 5.32 Å². The molecule has 3 heteroatoms. The summed E-state index contributed by atoms with van der Waals surface area (Å²) in [5, 5.41) is 4.25. The van der Waals surface area contributed by atoms with Crippen LogP contribution in [0.3, 0.4) is 0 Å². The number of halogens is 2. The third-order valence-corrected chi connectivity index (χ3v) is 3.77. The van der Waals surface area contributed by atoms with Crippen LogP contribution >= 0.6 is 27.5 Å². The van der Waals surface area contributed by atoms with E-state index in [9.17, 15) is 0 Å². The largest absolute Gasteiger partial charge is 0.306 e. The minimum Gasteiger partial charge on any atom is -0.306 e. The summed E-state index contributed by atoms with van der Waals surface area (Å²) >= 11 is 9.70. The first kappa shape index (κ1) is 13.6. The van der Waals surface area contributed by atoms with E-state index in [1.165, 1.54) is 5.56 Å². The van der Waals surface area contributed by atoms with Crippen molar-refractivity contribution in [2.24, 2.45) is 0 Å². The normalized spacial score (nSPS) is 12.4. The van der Waals surface area contributed by atoms with Crippen molar-refractivity contribution in [1.29, 1.82) is 0 Å². The van der Waals surface area contributed by atoms with Crippen LogP contribution in [0.4, 0.5) is 0 Å². The van der Waals surface area contributed by atoms with Crippen LogP contribution in [0, 0.1) is 0 Å². The van der Waals surface area contributed by atoms with Crippen LogP contribution in [0.2, 0.25) is 5.02 Å². The molecule has 0 spiro atoms. The average Bonchev–Trinajstić information content (AvgIpc) is 2.40. The van der Waals surface area contributed by atoms with Gasteiger partial charge in [-0.2, -0.15) is 0 Å². The molecular formula is C15H15BrClN. The van der Waals surface area contributed by atoms with Crippen LogP contribution in [0.1, 0.15) is 24.1 Å². The highest BCUT2D eigenvalue weighted by atomic mass is 79.9. The van der Waals surface area contributed by atoms with E-state index in [-0.39, 0.29) is 6.04 Å². The summed E-state index contributed by atoms with van der Waals surface area (Å²) in [6.07, 6.45) is 0. The van der Waals surface area contributed by atoms with Gasteiger partial charge in [0.2, 0.25) is 0 Å². The van der Waals surface area contributed by atoms with E-state index in [4.69, 9.17) is 11.6 Å². The summed E-state index contributed by atoms with van der Waals surface area (Å²) in [6.45, 7) is 3.01. The second-order valence-corrected chi connectivity index (χ2v) is 5.36. The van der Waals surface area contributed by atoms with Crippen LogP contribution in [0.15, 0.2) is 53.0 Å². The molecule has 94 valence electrons. The molecule has 0 aliphatic carbocycles. The van der Waals surface area contributed by atoms with Gasteiger partial charge in [-0.25, -0.2) is 0 Å². The molecule has 2 aromatic carbocycles. The number of hydrogen-bond donors (Lipinski definition) is 1. The van der Waals surface area contributed by atoms with Crippen molar-refractivity contribution in [2.75, 3.05) is 6.54 Å². The molecule has 0 fully saturated rings. The van der Waals surface area contributed by atoms with E-state index in [1.54, 1.807) is 0 Å². The molecule has 1 nitrogen and oxygen atoms in total. The molecule has 0 saturated heterocycles. The smallest absolute Gasteiger partial charge is 0.0588 e. The first-order chi connectivity index (χ1) is 8.72. The second kappa shape index (κ2) is 6.37. The van der Waals surface area contributed by atoms with Crippen LogP contribution in [0.25, 0.3) is 0 Å². The topological polar surface area (TPSA) is 12.0 Å². The zero-order chi connectivity index (χ0) is 13.0. The highest BCUT2D eigenvalue weighted by Gasteiger charge is 2.15. The molecule has 0 saturated carbocycles. The Labute approximate surface area is 121 Å². The molecule has 0 heterocycles. The predicted molar refractivity (Wildman–Crippen MR) is 81.1 cm³/mol. The molecule has 0 amide bonds. The van der Waals surface area contributed by atoms with E-state index < -0.39 is 0 Å². The third-order valence-electron chi connectivity index (χ3n) is 2.81. The molecule has 0 radical (unpaired) electrons. The van der Waals surface area contributed by atoms with E-state index in [1.807, 2.05) is 24.3 Å². The Morgan fingerprint density at radius 3 is 2.56 bits per heavy atom. The number of benzene rings is 2. The van der Waals surface area contributed by atoms with Gasteiger partial charge in [0.25, 0.3) is 0 Å². The summed E-state index contributed by atoms with van der Waals surface area (Å²) in [6, 6.07) is 16.4.